The van der Waals surface area contributed by atoms with Gasteiger partial charge in [0.1, 0.15) is 5.76 Å². The second-order valence-electron chi connectivity index (χ2n) is 4.41. The predicted octanol–water partition coefficient (Wildman–Crippen LogP) is 2.76. The molecule has 1 aromatic carbocycles. The van der Waals surface area contributed by atoms with Crippen LogP contribution in [0.1, 0.15) is 25.3 Å². The molecule has 0 aliphatic carbocycles. The van der Waals surface area contributed by atoms with E-state index < -0.39 is 16.0 Å². The van der Waals surface area contributed by atoms with Crippen molar-refractivity contribution in [3.8, 4) is 0 Å². The summed E-state index contributed by atoms with van der Waals surface area (Å²) in [6.45, 7) is 2.93. The number of hydrogen-bond acceptors (Lipinski definition) is 4. The number of halogens is 1. The number of ketones is 1. The maximum absolute atomic E-state index is 11.8. The molecule has 0 saturated carbocycles. The molecule has 1 aliphatic heterocycles. The van der Waals surface area contributed by atoms with Gasteiger partial charge < -0.3 is 4.18 Å². The van der Waals surface area contributed by atoms with Gasteiger partial charge in [-0.15, -0.1) is 0 Å². The summed E-state index contributed by atoms with van der Waals surface area (Å²) < 4.78 is 29.1. The molecule has 0 fully saturated rings. The molecule has 6 heteroatoms. The molecule has 0 saturated heterocycles. The first-order valence-corrected chi connectivity index (χ1v) is 8.07. The first-order chi connectivity index (χ1) is 8.82. The Bertz CT molecular complexity index is 661. The van der Waals surface area contributed by atoms with Gasteiger partial charge in [0.25, 0.3) is 0 Å². The third-order valence-electron chi connectivity index (χ3n) is 3.01. The topological polar surface area (TPSA) is 60.4 Å². The predicted molar refractivity (Wildman–Crippen MR) is 75.1 cm³/mol. The van der Waals surface area contributed by atoms with Gasteiger partial charge in [-0.3, -0.25) is 4.79 Å². The molecule has 1 aromatic rings. The number of hydrogen-bond donors (Lipinski definition) is 0. The van der Waals surface area contributed by atoms with Crippen molar-refractivity contribution in [1.29, 1.82) is 0 Å². The van der Waals surface area contributed by atoms with Gasteiger partial charge in [0.15, 0.2) is 5.78 Å². The van der Waals surface area contributed by atoms with Gasteiger partial charge in [-0.25, -0.2) is 0 Å². The Labute approximate surface area is 120 Å². The molecule has 2 rings (SSSR count). The van der Waals surface area contributed by atoms with Crippen molar-refractivity contribution in [3.63, 3.8) is 0 Å². The van der Waals surface area contributed by atoms with E-state index >= 15 is 0 Å². The fourth-order valence-corrected chi connectivity index (χ4v) is 4.15. The van der Waals surface area contributed by atoms with Gasteiger partial charge in [0.05, 0.1) is 5.75 Å². The summed E-state index contributed by atoms with van der Waals surface area (Å²) in [4.78, 5) is 11.8. The van der Waals surface area contributed by atoms with Crippen LogP contribution < -0.4 is 0 Å². The van der Waals surface area contributed by atoms with Crippen molar-refractivity contribution in [2.24, 2.45) is 0 Å². The van der Waals surface area contributed by atoms with Crippen LogP contribution in [-0.4, -0.2) is 20.0 Å². The van der Waals surface area contributed by atoms with Crippen LogP contribution >= 0.6 is 15.9 Å². The lowest BCUT2D eigenvalue weighted by molar-refractivity contribution is -0.114. The number of allylic oxidation sites excluding steroid dienone is 2. The molecule has 1 heterocycles. The summed E-state index contributed by atoms with van der Waals surface area (Å²) in [5.74, 6) is -0.721. The van der Waals surface area contributed by atoms with Crippen LogP contribution in [-0.2, 0) is 19.1 Å². The maximum atomic E-state index is 11.8. The first kappa shape index (κ1) is 14.3. The monoisotopic (exact) mass is 344 g/mol. The lowest BCUT2D eigenvalue weighted by Crippen LogP contribution is -2.27. The minimum absolute atomic E-state index is 0.166. The second-order valence-corrected chi connectivity index (χ2v) is 6.88. The van der Waals surface area contributed by atoms with Gasteiger partial charge in [0, 0.05) is 16.0 Å². The van der Waals surface area contributed by atoms with Gasteiger partial charge in [0.2, 0.25) is 0 Å². The molecule has 0 bridgehead atoms. The zero-order valence-corrected chi connectivity index (χ0v) is 12.9. The Morgan fingerprint density at radius 1 is 1.37 bits per heavy atom. The summed E-state index contributed by atoms with van der Waals surface area (Å²) in [6.07, 6.45) is 0. The first-order valence-electron chi connectivity index (χ1n) is 5.70. The minimum atomic E-state index is -3.64. The maximum Gasteiger partial charge on any atom is 0.309 e. The molecule has 0 radical (unpaired) electrons. The smallest absolute Gasteiger partial charge is 0.309 e. The molecule has 1 atom stereocenters. The Morgan fingerprint density at radius 3 is 2.58 bits per heavy atom. The molecule has 4 nitrogen and oxygen atoms in total. The lowest BCUT2D eigenvalue weighted by atomic mass is 9.89. The van der Waals surface area contributed by atoms with Crippen molar-refractivity contribution >= 4 is 31.8 Å². The zero-order valence-electron chi connectivity index (χ0n) is 10.5. The van der Waals surface area contributed by atoms with E-state index in [0.717, 1.165) is 10.0 Å². The highest BCUT2D eigenvalue weighted by atomic mass is 79.9. The third kappa shape index (κ3) is 2.90. The van der Waals surface area contributed by atoms with E-state index in [4.69, 9.17) is 4.18 Å². The van der Waals surface area contributed by atoms with Crippen LogP contribution in [0.25, 0.3) is 0 Å². The quantitative estimate of drug-likeness (QED) is 0.774. The van der Waals surface area contributed by atoms with Crippen LogP contribution in [0, 0.1) is 0 Å². The van der Waals surface area contributed by atoms with Gasteiger partial charge in [-0.05, 0) is 25.5 Å². The SMILES string of the molecule is CC(=O)C1=C(C)OS(=O)(=O)CC1c1ccccc1Br. The third-order valence-corrected chi connectivity index (χ3v) is 4.98. The van der Waals surface area contributed by atoms with Gasteiger partial charge in [-0.1, -0.05) is 34.1 Å². The van der Waals surface area contributed by atoms with E-state index in [0.29, 0.717) is 5.57 Å². The number of benzene rings is 1. The Hall–Kier alpha value is -1.14. The number of carbonyl (C=O) groups is 1. The molecule has 1 aliphatic rings. The van der Waals surface area contributed by atoms with E-state index in [9.17, 15) is 13.2 Å². The average molecular weight is 345 g/mol. The molecule has 1 unspecified atom stereocenters. The van der Waals surface area contributed by atoms with Crippen molar-refractivity contribution < 1.29 is 17.4 Å². The van der Waals surface area contributed by atoms with Crippen LogP contribution in [0.2, 0.25) is 0 Å². The van der Waals surface area contributed by atoms with Crippen LogP contribution in [0.4, 0.5) is 0 Å². The van der Waals surface area contributed by atoms with E-state index in [1.54, 1.807) is 0 Å². The summed E-state index contributed by atoms with van der Waals surface area (Å²) in [5.41, 5.74) is 1.20. The zero-order chi connectivity index (χ0) is 14.2. The number of carbonyl (C=O) groups excluding carboxylic acids is 1. The van der Waals surface area contributed by atoms with E-state index in [-0.39, 0.29) is 17.3 Å². The minimum Gasteiger partial charge on any atom is -0.387 e. The summed E-state index contributed by atoms with van der Waals surface area (Å²) in [5, 5.41) is 0. The molecule has 19 heavy (non-hydrogen) atoms. The molecular formula is C13H13BrO4S. The fraction of sp³-hybridized carbons (Fsp3) is 0.308. The van der Waals surface area contributed by atoms with E-state index in [2.05, 4.69) is 15.9 Å². The largest absolute Gasteiger partial charge is 0.387 e. The molecule has 0 amide bonds. The molecule has 0 spiro atoms. The van der Waals surface area contributed by atoms with Crippen molar-refractivity contribution in [2.45, 2.75) is 19.8 Å². The Kier molecular flexibility index (Phi) is 3.82. The Morgan fingerprint density at radius 2 is 2.00 bits per heavy atom. The summed E-state index contributed by atoms with van der Waals surface area (Å²) >= 11 is 3.40. The summed E-state index contributed by atoms with van der Waals surface area (Å²) in [6, 6.07) is 7.29. The van der Waals surface area contributed by atoms with Crippen LogP contribution in [0.15, 0.2) is 40.1 Å². The van der Waals surface area contributed by atoms with Crippen molar-refractivity contribution in [1.82, 2.24) is 0 Å². The van der Waals surface area contributed by atoms with Gasteiger partial charge in [-0.2, -0.15) is 8.42 Å². The number of Topliss-reactive ketones (excluding diaryl/α,β-unsaturated/α-hetero) is 1. The highest BCUT2D eigenvalue weighted by molar-refractivity contribution is 9.10. The number of rotatable bonds is 2. The summed E-state index contributed by atoms with van der Waals surface area (Å²) in [7, 11) is -3.64. The van der Waals surface area contributed by atoms with E-state index in [1.165, 1.54) is 13.8 Å². The second kappa shape index (κ2) is 5.09. The molecular weight excluding hydrogens is 332 g/mol. The van der Waals surface area contributed by atoms with Crippen LogP contribution in [0.3, 0.4) is 0 Å². The molecule has 102 valence electrons. The highest BCUT2D eigenvalue weighted by Crippen LogP contribution is 2.37. The van der Waals surface area contributed by atoms with Crippen molar-refractivity contribution in [2.75, 3.05) is 5.75 Å². The van der Waals surface area contributed by atoms with Crippen molar-refractivity contribution in [3.05, 3.63) is 45.6 Å². The standard InChI is InChI=1S/C13H13BrO4S/c1-8(15)13-9(2)18-19(16,17)7-11(13)10-5-3-4-6-12(10)14/h3-6,11H,7H2,1-2H3. The van der Waals surface area contributed by atoms with Crippen LogP contribution in [0.5, 0.6) is 0 Å². The highest BCUT2D eigenvalue weighted by Gasteiger charge is 2.35. The normalized spacial score (nSPS) is 21.9. The fourth-order valence-electron chi connectivity index (χ4n) is 2.30. The van der Waals surface area contributed by atoms with Gasteiger partial charge >= 0.3 is 10.1 Å². The van der Waals surface area contributed by atoms with E-state index in [1.807, 2.05) is 24.3 Å². The molecule has 0 N–H and O–H groups in total. The average Bonchev–Trinajstić information content (AvgIpc) is 2.26. The molecule has 0 aromatic heterocycles. The Balaban J connectivity index is 2.62. The lowest BCUT2D eigenvalue weighted by Gasteiger charge is -2.26.